The van der Waals surface area contributed by atoms with E-state index in [0.717, 1.165) is 0 Å². The van der Waals surface area contributed by atoms with Crippen molar-refractivity contribution in [2.45, 2.75) is 0 Å². The second-order valence-electron chi connectivity index (χ2n) is 3.78. The number of thiocarbonyl (C=S) groups is 1. The van der Waals surface area contributed by atoms with Crippen LogP contribution >= 0.6 is 39.7 Å². The molecule has 0 fully saturated rings. The van der Waals surface area contributed by atoms with Crippen molar-refractivity contribution in [1.82, 2.24) is 0 Å². The Morgan fingerprint density at radius 2 is 2.00 bits per heavy atom. The number of hydrogen-bond donors (Lipinski definition) is 2. The summed E-state index contributed by atoms with van der Waals surface area (Å²) in [5, 5.41) is 3.37. The fourth-order valence-corrected chi connectivity index (χ4v) is 2.50. The zero-order valence-corrected chi connectivity index (χ0v) is 12.7. The summed E-state index contributed by atoms with van der Waals surface area (Å²) in [7, 11) is 0. The van der Waals surface area contributed by atoms with Gasteiger partial charge in [0.2, 0.25) is 0 Å². The van der Waals surface area contributed by atoms with E-state index in [2.05, 4.69) is 21.2 Å². The number of anilines is 2. The van der Waals surface area contributed by atoms with Crippen LogP contribution in [0.4, 0.5) is 15.8 Å². The molecule has 0 spiro atoms. The summed E-state index contributed by atoms with van der Waals surface area (Å²) in [5.41, 5.74) is 7.03. The van der Waals surface area contributed by atoms with Crippen molar-refractivity contribution < 1.29 is 4.39 Å². The summed E-state index contributed by atoms with van der Waals surface area (Å²) in [6, 6.07) is 9.87. The highest BCUT2D eigenvalue weighted by molar-refractivity contribution is 9.10. The quantitative estimate of drug-likeness (QED) is 0.785. The van der Waals surface area contributed by atoms with Gasteiger partial charge in [-0.3, -0.25) is 0 Å². The molecule has 2 rings (SSSR count). The number of rotatable bonds is 3. The molecule has 2 nitrogen and oxygen atoms in total. The van der Waals surface area contributed by atoms with Crippen LogP contribution in [0.3, 0.4) is 0 Å². The molecule has 19 heavy (non-hydrogen) atoms. The van der Waals surface area contributed by atoms with Crippen LogP contribution in [-0.4, -0.2) is 4.99 Å². The van der Waals surface area contributed by atoms with E-state index in [0.29, 0.717) is 26.4 Å². The maximum atomic E-state index is 13.8. The molecule has 0 aliphatic carbocycles. The summed E-state index contributed by atoms with van der Waals surface area (Å²) < 4.78 is 14.4. The molecule has 0 heterocycles. The minimum absolute atomic E-state index is 0.158. The molecule has 0 saturated carbocycles. The highest BCUT2D eigenvalue weighted by Crippen LogP contribution is 2.29. The van der Waals surface area contributed by atoms with Crippen molar-refractivity contribution in [2.75, 3.05) is 5.32 Å². The van der Waals surface area contributed by atoms with Crippen LogP contribution in [0, 0.1) is 5.82 Å². The zero-order valence-electron chi connectivity index (χ0n) is 9.58. The minimum atomic E-state index is -0.386. The van der Waals surface area contributed by atoms with Gasteiger partial charge in [0.15, 0.2) is 0 Å². The molecule has 0 saturated heterocycles. The van der Waals surface area contributed by atoms with Crippen molar-refractivity contribution in [2.24, 2.45) is 5.73 Å². The molecule has 0 aliphatic heterocycles. The molecule has 0 unspecified atom stereocenters. The monoisotopic (exact) mass is 358 g/mol. The molecule has 0 atom stereocenters. The van der Waals surface area contributed by atoms with Crippen LogP contribution in [0.1, 0.15) is 5.56 Å². The molecule has 0 radical (unpaired) electrons. The Bertz CT molecular complexity index is 649. The average molecular weight is 360 g/mol. The molecule has 3 N–H and O–H groups in total. The lowest BCUT2D eigenvalue weighted by atomic mass is 10.1. The van der Waals surface area contributed by atoms with Crippen molar-refractivity contribution in [3.63, 3.8) is 0 Å². The van der Waals surface area contributed by atoms with Gasteiger partial charge >= 0.3 is 0 Å². The molecule has 2 aromatic carbocycles. The van der Waals surface area contributed by atoms with E-state index in [4.69, 9.17) is 29.6 Å². The van der Waals surface area contributed by atoms with Gasteiger partial charge in [-0.15, -0.1) is 0 Å². The fraction of sp³-hybridized carbons (Fsp3) is 0. The first-order chi connectivity index (χ1) is 8.99. The average Bonchev–Trinajstić information content (AvgIpc) is 2.32. The Morgan fingerprint density at radius 1 is 1.26 bits per heavy atom. The number of benzene rings is 2. The molecular formula is C13H9BrClFN2S. The summed E-state index contributed by atoms with van der Waals surface area (Å²) in [6.07, 6.45) is 0. The normalized spacial score (nSPS) is 10.3. The fourth-order valence-electron chi connectivity index (χ4n) is 1.61. The largest absolute Gasteiger partial charge is 0.389 e. The van der Waals surface area contributed by atoms with Crippen LogP contribution in [0.15, 0.2) is 40.9 Å². The first-order valence-corrected chi connectivity index (χ1v) is 6.87. The maximum Gasteiger partial charge on any atom is 0.147 e. The highest BCUT2D eigenvalue weighted by Gasteiger charge is 2.11. The lowest BCUT2D eigenvalue weighted by molar-refractivity contribution is 0.631. The summed E-state index contributed by atoms with van der Waals surface area (Å²) in [4.78, 5) is 0.158. The number of halogens is 3. The molecule has 2 aromatic rings. The third kappa shape index (κ3) is 3.23. The molecule has 98 valence electrons. The smallest absolute Gasteiger partial charge is 0.147 e. The van der Waals surface area contributed by atoms with Crippen LogP contribution in [0.2, 0.25) is 5.02 Å². The molecule has 0 aromatic heterocycles. The second kappa shape index (κ2) is 5.86. The van der Waals surface area contributed by atoms with Gasteiger partial charge in [-0.05, 0) is 30.3 Å². The van der Waals surface area contributed by atoms with Crippen LogP contribution < -0.4 is 11.1 Å². The van der Waals surface area contributed by atoms with Crippen LogP contribution in [-0.2, 0) is 0 Å². The van der Waals surface area contributed by atoms with Gasteiger partial charge in [0.25, 0.3) is 0 Å². The SMILES string of the molecule is NC(=S)c1c(Cl)cccc1Nc1ccc(Br)cc1F. The van der Waals surface area contributed by atoms with Crippen LogP contribution in [0.5, 0.6) is 0 Å². The molecular weight excluding hydrogens is 351 g/mol. The summed E-state index contributed by atoms with van der Waals surface area (Å²) in [5.74, 6) is -0.386. The van der Waals surface area contributed by atoms with E-state index in [9.17, 15) is 4.39 Å². The zero-order chi connectivity index (χ0) is 14.0. The standard InChI is InChI=1S/C13H9BrClFN2S/c14-7-4-5-10(9(16)6-7)18-11-3-1-2-8(15)12(11)13(17)19/h1-6,18H,(H2,17,19). The van der Waals surface area contributed by atoms with Crippen molar-refractivity contribution >= 4 is 56.1 Å². The van der Waals surface area contributed by atoms with Gasteiger partial charge in [0, 0.05) is 4.47 Å². The Kier molecular flexibility index (Phi) is 4.39. The van der Waals surface area contributed by atoms with Gasteiger partial charge in [-0.1, -0.05) is 45.8 Å². The lowest BCUT2D eigenvalue weighted by Crippen LogP contribution is -2.12. The second-order valence-corrected chi connectivity index (χ2v) is 5.54. The molecule has 0 amide bonds. The Labute approximate surface area is 128 Å². The summed E-state index contributed by atoms with van der Waals surface area (Å²) in [6.45, 7) is 0. The Hall–Kier alpha value is -1.17. The van der Waals surface area contributed by atoms with E-state index in [1.54, 1.807) is 30.3 Å². The predicted molar refractivity (Wildman–Crippen MR) is 84.7 cm³/mol. The van der Waals surface area contributed by atoms with Crippen molar-refractivity contribution in [3.8, 4) is 0 Å². The number of hydrogen-bond acceptors (Lipinski definition) is 2. The van der Waals surface area contributed by atoms with E-state index in [1.807, 2.05) is 0 Å². The summed E-state index contributed by atoms with van der Waals surface area (Å²) >= 11 is 14.2. The topological polar surface area (TPSA) is 38.0 Å². The van der Waals surface area contributed by atoms with Crippen molar-refractivity contribution in [1.29, 1.82) is 0 Å². The van der Waals surface area contributed by atoms with Gasteiger partial charge in [0.1, 0.15) is 10.8 Å². The molecule has 0 aliphatic rings. The Balaban J connectivity index is 2.44. The predicted octanol–water partition coefficient (Wildman–Crippen LogP) is 4.62. The third-order valence-corrected chi connectivity index (χ3v) is 3.47. The van der Waals surface area contributed by atoms with E-state index in [-0.39, 0.29) is 10.8 Å². The van der Waals surface area contributed by atoms with Crippen molar-refractivity contribution in [3.05, 3.63) is 57.3 Å². The minimum Gasteiger partial charge on any atom is -0.389 e. The lowest BCUT2D eigenvalue weighted by Gasteiger charge is -2.13. The molecule has 0 bridgehead atoms. The van der Waals surface area contributed by atoms with E-state index >= 15 is 0 Å². The van der Waals surface area contributed by atoms with Gasteiger partial charge in [-0.25, -0.2) is 4.39 Å². The van der Waals surface area contributed by atoms with Gasteiger partial charge in [0.05, 0.1) is 22.0 Å². The first-order valence-electron chi connectivity index (χ1n) is 5.29. The molecule has 6 heteroatoms. The first kappa shape index (κ1) is 14.2. The van der Waals surface area contributed by atoms with Gasteiger partial charge < -0.3 is 11.1 Å². The third-order valence-electron chi connectivity index (χ3n) is 2.46. The number of nitrogens with two attached hydrogens (primary N) is 1. The highest BCUT2D eigenvalue weighted by atomic mass is 79.9. The Morgan fingerprint density at radius 3 is 2.63 bits per heavy atom. The van der Waals surface area contributed by atoms with Crippen LogP contribution in [0.25, 0.3) is 0 Å². The maximum absolute atomic E-state index is 13.8. The van der Waals surface area contributed by atoms with Gasteiger partial charge in [-0.2, -0.15) is 0 Å². The number of nitrogens with one attached hydrogen (secondary N) is 1. The van der Waals surface area contributed by atoms with E-state index < -0.39 is 0 Å². The van der Waals surface area contributed by atoms with E-state index in [1.165, 1.54) is 6.07 Å².